The molecule has 0 spiro atoms. The maximum atomic E-state index is 13.1. The van der Waals surface area contributed by atoms with Crippen LogP contribution in [-0.4, -0.2) is 53.6 Å². The molecule has 1 aliphatic heterocycles. The number of para-hydroxylation sites is 1. The van der Waals surface area contributed by atoms with E-state index in [2.05, 4.69) is 25.5 Å². The predicted molar refractivity (Wildman–Crippen MR) is 86.9 cm³/mol. The third-order valence-electron chi connectivity index (χ3n) is 4.10. The van der Waals surface area contributed by atoms with Crippen molar-refractivity contribution in [2.24, 2.45) is 0 Å². The number of halogens is 3. The smallest absolute Gasteiger partial charge is 0.366 e. The fourth-order valence-electron chi connectivity index (χ4n) is 2.99. The fraction of sp³-hybridized carbons (Fsp3) is 0.500. The zero-order valence-electron chi connectivity index (χ0n) is 13.4. The van der Waals surface area contributed by atoms with Gasteiger partial charge in [-0.3, -0.25) is 4.90 Å². The van der Waals surface area contributed by atoms with E-state index in [0.717, 1.165) is 38.8 Å². The Morgan fingerprint density at radius 3 is 2.71 bits per heavy atom. The van der Waals surface area contributed by atoms with Crippen LogP contribution in [0.1, 0.15) is 12.5 Å². The van der Waals surface area contributed by atoms with Gasteiger partial charge in [-0.15, -0.1) is 0 Å². The zero-order valence-corrected chi connectivity index (χ0v) is 13.4. The lowest BCUT2D eigenvalue weighted by Crippen LogP contribution is -2.47. The highest BCUT2D eigenvalue weighted by molar-refractivity contribution is 5.91. The molecule has 8 heteroatoms. The van der Waals surface area contributed by atoms with Crippen molar-refractivity contribution in [1.82, 2.24) is 20.2 Å². The predicted octanol–water partition coefficient (Wildman–Crippen LogP) is 2.35. The van der Waals surface area contributed by atoms with Crippen molar-refractivity contribution >= 4 is 16.7 Å². The van der Waals surface area contributed by atoms with E-state index in [0.29, 0.717) is 11.2 Å². The van der Waals surface area contributed by atoms with Gasteiger partial charge in [-0.05, 0) is 19.1 Å². The summed E-state index contributed by atoms with van der Waals surface area (Å²) in [4.78, 5) is 10.3. The molecule has 2 heterocycles. The van der Waals surface area contributed by atoms with Crippen LogP contribution in [0.25, 0.3) is 10.9 Å². The van der Waals surface area contributed by atoms with Crippen molar-refractivity contribution in [1.29, 1.82) is 0 Å². The minimum Gasteiger partial charge on any atom is -0.366 e. The molecule has 1 aromatic heterocycles. The Labute approximate surface area is 138 Å². The Morgan fingerprint density at radius 2 is 2.00 bits per heavy atom. The molecule has 1 fully saturated rings. The van der Waals surface area contributed by atoms with Crippen LogP contribution < -0.4 is 10.6 Å². The van der Waals surface area contributed by atoms with Crippen molar-refractivity contribution < 1.29 is 13.2 Å². The van der Waals surface area contributed by atoms with E-state index in [1.165, 1.54) is 12.4 Å². The molecule has 0 bridgehead atoms. The second-order valence-corrected chi connectivity index (χ2v) is 6.02. The maximum absolute atomic E-state index is 13.1. The third kappa shape index (κ3) is 3.76. The largest absolute Gasteiger partial charge is 0.418 e. The van der Waals surface area contributed by atoms with Gasteiger partial charge in [0, 0.05) is 44.2 Å². The first-order valence-electron chi connectivity index (χ1n) is 7.95. The van der Waals surface area contributed by atoms with Crippen LogP contribution >= 0.6 is 0 Å². The molecule has 0 radical (unpaired) electrons. The van der Waals surface area contributed by atoms with Gasteiger partial charge in [-0.25, -0.2) is 9.97 Å². The van der Waals surface area contributed by atoms with Gasteiger partial charge in [0.2, 0.25) is 0 Å². The average molecular weight is 339 g/mol. The number of fused-ring (bicyclic) bond motifs is 1. The molecule has 0 aliphatic carbocycles. The molecule has 1 saturated heterocycles. The summed E-state index contributed by atoms with van der Waals surface area (Å²) in [7, 11) is 0. The van der Waals surface area contributed by atoms with Gasteiger partial charge in [-0.1, -0.05) is 6.07 Å². The summed E-state index contributed by atoms with van der Waals surface area (Å²) in [5, 5.41) is 6.91. The second kappa shape index (κ2) is 6.90. The molecule has 1 atom stereocenters. The molecule has 2 N–H and O–H groups in total. The van der Waals surface area contributed by atoms with E-state index in [4.69, 9.17) is 0 Å². The number of piperazine rings is 1. The molecule has 1 aliphatic rings. The number of benzene rings is 1. The minimum atomic E-state index is -4.43. The number of nitrogens with one attached hydrogen (secondary N) is 2. The highest BCUT2D eigenvalue weighted by Gasteiger charge is 2.33. The molecule has 2 aromatic rings. The van der Waals surface area contributed by atoms with Crippen LogP contribution in [0.4, 0.5) is 19.0 Å². The number of anilines is 1. The number of rotatable bonds is 4. The number of nitrogens with zero attached hydrogens (tertiary/aromatic N) is 3. The Morgan fingerprint density at radius 1 is 1.25 bits per heavy atom. The quantitative estimate of drug-likeness (QED) is 0.896. The molecule has 1 aromatic carbocycles. The van der Waals surface area contributed by atoms with Gasteiger partial charge in [0.15, 0.2) is 0 Å². The zero-order chi connectivity index (χ0) is 17.2. The summed E-state index contributed by atoms with van der Waals surface area (Å²) in [6, 6.07) is 4.12. The van der Waals surface area contributed by atoms with Crippen molar-refractivity contribution in [3.05, 3.63) is 30.1 Å². The Kier molecular flexibility index (Phi) is 4.86. The van der Waals surface area contributed by atoms with E-state index in [1.54, 1.807) is 6.07 Å². The van der Waals surface area contributed by atoms with Crippen molar-refractivity contribution in [3.8, 4) is 0 Å². The van der Waals surface area contributed by atoms with E-state index in [-0.39, 0.29) is 11.6 Å². The monoisotopic (exact) mass is 339 g/mol. The normalized spacial score (nSPS) is 17.8. The summed E-state index contributed by atoms with van der Waals surface area (Å²) in [5.74, 6) is 0.439. The minimum absolute atomic E-state index is 0.0655. The van der Waals surface area contributed by atoms with Crippen LogP contribution in [0.5, 0.6) is 0 Å². The van der Waals surface area contributed by atoms with Gasteiger partial charge >= 0.3 is 6.18 Å². The number of aromatic nitrogens is 2. The van der Waals surface area contributed by atoms with Crippen molar-refractivity contribution in [2.75, 3.05) is 38.0 Å². The van der Waals surface area contributed by atoms with Crippen LogP contribution in [0, 0.1) is 0 Å². The van der Waals surface area contributed by atoms with Gasteiger partial charge in [-0.2, -0.15) is 13.2 Å². The first-order chi connectivity index (χ1) is 11.4. The SMILES string of the molecule is C[C@@H](CN1CCNCC1)Nc1ncnc2c(C(F)(F)F)cccc12. The molecular formula is C16H20F3N5. The number of hydrogen-bond donors (Lipinski definition) is 2. The maximum Gasteiger partial charge on any atom is 0.418 e. The molecule has 0 amide bonds. The molecule has 24 heavy (non-hydrogen) atoms. The molecule has 130 valence electrons. The van der Waals surface area contributed by atoms with Crippen LogP contribution in [0.15, 0.2) is 24.5 Å². The topological polar surface area (TPSA) is 53.1 Å². The first-order valence-corrected chi connectivity index (χ1v) is 7.95. The molecule has 0 unspecified atom stereocenters. The first kappa shape index (κ1) is 16.9. The number of hydrogen-bond acceptors (Lipinski definition) is 5. The standard InChI is InChI=1S/C16H20F3N5/c1-11(9-24-7-5-20-6-8-24)23-15-12-3-2-4-13(16(17,18)19)14(12)21-10-22-15/h2-4,10-11,20H,5-9H2,1H3,(H,21,22,23)/t11-/m0/s1. The van der Waals surface area contributed by atoms with Gasteiger partial charge in [0.25, 0.3) is 0 Å². The van der Waals surface area contributed by atoms with Gasteiger partial charge in [0.1, 0.15) is 12.1 Å². The van der Waals surface area contributed by atoms with Crippen molar-refractivity contribution in [2.45, 2.75) is 19.1 Å². The van der Waals surface area contributed by atoms with Crippen LogP contribution in [0.3, 0.4) is 0 Å². The molecule has 5 nitrogen and oxygen atoms in total. The van der Waals surface area contributed by atoms with E-state index in [9.17, 15) is 13.2 Å². The van der Waals surface area contributed by atoms with E-state index < -0.39 is 11.7 Å². The van der Waals surface area contributed by atoms with Crippen molar-refractivity contribution in [3.63, 3.8) is 0 Å². The third-order valence-corrected chi connectivity index (χ3v) is 4.10. The highest BCUT2D eigenvalue weighted by Crippen LogP contribution is 2.35. The second-order valence-electron chi connectivity index (χ2n) is 6.02. The van der Waals surface area contributed by atoms with Crippen LogP contribution in [-0.2, 0) is 6.18 Å². The lowest BCUT2D eigenvalue weighted by Gasteiger charge is -2.30. The summed E-state index contributed by atoms with van der Waals surface area (Å²) < 4.78 is 39.4. The summed E-state index contributed by atoms with van der Waals surface area (Å²) >= 11 is 0. The summed E-state index contributed by atoms with van der Waals surface area (Å²) in [5.41, 5.74) is -0.808. The summed E-state index contributed by atoms with van der Waals surface area (Å²) in [6.07, 6.45) is -3.25. The Bertz CT molecular complexity index is 698. The Hall–Kier alpha value is -1.93. The lowest BCUT2D eigenvalue weighted by atomic mass is 10.1. The molecular weight excluding hydrogens is 319 g/mol. The number of alkyl halides is 3. The summed E-state index contributed by atoms with van der Waals surface area (Å²) in [6.45, 7) is 6.66. The highest BCUT2D eigenvalue weighted by atomic mass is 19.4. The van der Waals surface area contributed by atoms with Gasteiger partial charge in [0.05, 0.1) is 11.1 Å². The average Bonchev–Trinajstić information content (AvgIpc) is 2.54. The van der Waals surface area contributed by atoms with E-state index in [1.807, 2.05) is 6.92 Å². The fourth-order valence-corrected chi connectivity index (χ4v) is 2.99. The molecule has 3 rings (SSSR count). The van der Waals surface area contributed by atoms with E-state index >= 15 is 0 Å². The lowest BCUT2D eigenvalue weighted by molar-refractivity contribution is -0.136. The van der Waals surface area contributed by atoms with Crippen LogP contribution in [0.2, 0.25) is 0 Å². The Balaban J connectivity index is 1.82. The molecule has 0 saturated carbocycles. The van der Waals surface area contributed by atoms with Gasteiger partial charge < -0.3 is 10.6 Å².